The SMILES string of the molecule is [CH2]C1CCC(COC(=O)OC2=C(C)NC(C)=C(C(=O)OCC)C2c2cccc([N+](=O)[O-])c2)C(OC(=O)OC2=C(C)NC(C)=C(C(=O)OCC)C2c2cccc([N+](=O)[O-])c2)C1.[CH2]C1CCC([CH2])CC1. The molecule has 0 aromatic heterocycles. The summed E-state index contributed by atoms with van der Waals surface area (Å²) >= 11 is 0. The molecule has 18 heteroatoms. The number of dihydropyridines is 2. The first-order valence-corrected chi connectivity index (χ1v) is 22.8. The molecule has 2 aromatic rings. The van der Waals surface area contributed by atoms with Crippen molar-refractivity contribution < 1.29 is 57.4 Å². The monoisotopic (exact) mass is 941 g/mol. The summed E-state index contributed by atoms with van der Waals surface area (Å²) in [6.45, 7) is 21.7. The lowest BCUT2D eigenvalue weighted by Gasteiger charge is -2.34. The standard InChI is InChI=1S/C42H47N4O14.C8H14/c1-8-55-39(47)33-23(4)43-25(6)37(35(33)27-12-10-14-30(19-27)45(51)52)59-41(49)57-21-29-17-16-22(3)18-32(29)58-42(50)60-38-26(7)44-24(5)34(40(48)56-9-2)36(38)28-13-11-15-31(20-28)46(53)54;1-7-3-5-8(2)6-4-7/h10-15,19-20,22,29,32,35-36,43-44H,3,8-9,16-18,21H2,1-2,4-7H3;7-8H,1-6H2. The van der Waals surface area contributed by atoms with Gasteiger partial charge in [-0.3, -0.25) is 20.2 Å². The Bertz CT molecular complexity index is 2350. The second-order valence-corrected chi connectivity index (χ2v) is 17.3. The minimum Gasteiger partial charge on any atom is -0.463 e. The van der Waals surface area contributed by atoms with Crippen LogP contribution in [0.25, 0.3) is 0 Å². The zero-order valence-corrected chi connectivity index (χ0v) is 39.5. The van der Waals surface area contributed by atoms with Gasteiger partial charge in [0.05, 0.1) is 57.4 Å². The largest absolute Gasteiger partial charge is 0.513 e. The normalized spacial score (nSPS) is 23.8. The number of nitrogens with zero attached hydrogens (tertiary/aromatic N) is 2. The van der Waals surface area contributed by atoms with E-state index in [0.717, 1.165) is 11.8 Å². The van der Waals surface area contributed by atoms with E-state index in [2.05, 4.69) is 31.4 Å². The van der Waals surface area contributed by atoms with Crippen molar-refractivity contribution in [1.29, 1.82) is 0 Å². The van der Waals surface area contributed by atoms with Crippen molar-refractivity contribution in [2.24, 2.45) is 23.7 Å². The molecule has 3 radical (unpaired) electrons. The van der Waals surface area contributed by atoms with E-state index in [1.165, 1.54) is 62.1 Å². The molecule has 5 atom stereocenters. The Morgan fingerprint density at radius 1 is 0.618 bits per heavy atom. The van der Waals surface area contributed by atoms with Gasteiger partial charge in [-0.1, -0.05) is 70.7 Å². The summed E-state index contributed by atoms with van der Waals surface area (Å²) < 4.78 is 33.6. The lowest BCUT2D eigenvalue weighted by atomic mass is 9.81. The number of nitro benzene ring substituents is 2. The van der Waals surface area contributed by atoms with Gasteiger partial charge in [-0.2, -0.15) is 0 Å². The summed E-state index contributed by atoms with van der Waals surface area (Å²) in [5.74, 6) is -2.89. The predicted molar refractivity (Wildman–Crippen MR) is 248 cm³/mol. The van der Waals surface area contributed by atoms with Crippen LogP contribution in [0.3, 0.4) is 0 Å². The molecule has 2 heterocycles. The molecule has 365 valence electrons. The van der Waals surface area contributed by atoms with Gasteiger partial charge in [0.25, 0.3) is 11.4 Å². The summed E-state index contributed by atoms with van der Waals surface area (Å²) in [6.07, 6.45) is 3.39. The molecule has 0 spiro atoms. The molecule has 2 aromatic carbocycles. The Balaban J connectivity index is 0.000000976. The number of carbonyl (C=O) groups is 4. The van der Waals surface area contributed by atoms with Crippen LogP contribution in [0.1, 0.15) is 109 Å². The number of nitrogens with one attached hydrogen (secondary N) is 2. The second-order valence-electron chi connectivity index (χ2n) is 17.3. The Morgan fingerprint density at radius 2 is 1.04 bits per heavy atom. The van der Waals surface area contributed by atoms with Crippen molar-refractivity contribution in [2.45, 2.75) is 104 Å². The molecule has 0 amide bonds. The fraction of sp³-hybridized carbons (Fsp3) is 0.460. The average molecular weight is 942 g/mol. The quantitative estimate of drug-likeness (QED) is 0.0822. The molecule has 68 heavy (non-hydrogen) atoms. The van der Waals surface area contributed by atoms with Crippen LogP contribution < -0.4 is 10.6 Å². The van der Waals surface area contributed by atoms with Crippen LogP contribution in [0, 0.1) is 64.7 Å². The fourth-order valence-corrected chi connectivity index (χ4v) is 8.82. The number of nitro groups is 2. The van der Waals surface area contributed by atoms with Crippen molar-refractivity contribution in [3.63, 3.8) is 0 Å². The van der Waals surface area contributed by atoms with Gasteiger partial charge in [-0.15, -0.1) is 0 Å². The third-order valence-electron chi connectivity index (χ3n) is 12.3. The molecule has 5 unspecified atom stereocenters. The zero-order valence-electron chi connectivity index (χ0n) is 39.5. The topological polar surface area (TPSA) is 234 Å². The van der Waals surface area contributed by atoms with E-state index in [9.17, 15) is 39.4 Å². The lowest BCUT2D eigenvalue weighted by Crippen LogP contribution is -2.37. The maximum absolute atomic E-state index is 13.6. The molecule has 2 aliphatic heterocycles. The molecule has 0 bridgehead atoms. The fourth-order valence-electron chi connectivity index (χ4n) is 8.82. The average Bonchev–Trinajstić information content (AvgIpc) is 3.29. The van der Waals surface area contributed by atoms with Crippen LogP contribution in [-0.2, 0) is 38.0 Å². The number of carbonyl (C=O) groups excluding carboxylic acids is 4. The van der Waals surface area contributed by atoms with Crippen LogP contribution in [-0.4, -0.2) is 60.0 Å². The maximum Gasteiger partial charge on any atom is 0.513 e. The van der Waals surface area contributed by atoms with Gasteiger partial charge >= 0.3 is 24.2 Å². The number of rotatable bonds is 13. The van der Waals surface area contributed by atoms with Crippen molar-refractivity contribution in [3.8, 4) is 0 Å². The Morgan fingerprint density at radius 3 is 1.47 bits per heavy atom. The van der Waals surface area contributed by atoms with Crippen LogP contribution in [0.5, 0.6) is 0 Å². The summed E-state index contributed by atoms with van der Waals surface area (Å²) in [7, 11) is 0. The molecule has 2 N–H and O–H groups in total. The smallest absolute Gasteiger partial charge is 0.463 e. The minimum atomic E-state index is -1.15. The highest BCUT2D eigenvalue weighted by Gasteiger charge is 2.41. The number of hydrogen-bond acceptors (Lipinski definition) is 16. The van der Waals surface area contributed by atoms with Gasteiger partial charge in [-0.25, -0.2) is 19.2 Å². The highest BCUT2D eigenvalue weighted by Crippen LogP contribution is 2.43. The van der Waals surface area contributed by atoms with Crippen LogP contribution in [0.2, 0.25) is 0 Å². The molecular formula is C50H61N4O14. The van der Waals surface area contributed by atoms with Crippen molar-refractivity contribution in [2.75, 3.05) is 19.8 Å². The first kappa shape index (κ1) is 52.3. The molecule has 4 aliphatic rings. The third kappa shape index (κ3) is 13.2. The molecule has 2 fully saturated rings. The molecule has 2 saturated carbocycles. The highest BCUT2D eigenvalue weighted by molar-refractivity contribution is 5.93. The zero-order chi connectivity index (χ0) is 49.8. The van der Waals surface area contributed by atoms with Crippen LogP contribution >= 0.6 is 0 Å². The number of allylic oxidation sites excluding steroid dienone is 6. The first-order valence-electron chi connectivity index (χ1n) is 22.8. The molecule has 2 aliphatic carbocycles. The van der Waals surface area contributed by atoms with Crippen molar-refractivity contribution in [3.05, 3.63) is 146 Å². The first-order chi connectivity index (χ1) is 32.3. The third-order valence-corrected chi connectivity index (χ3v) is 12.3. The van der Waals surface area contributed by atoms with Gasteiger partial charge in [0.15, 0.2) is 0 Å². The lowest BCUT2D eigenvalue weighted by molar-refractivity contribution is -0.385. The van der Waals surface area contributed by atoms with E-state index in [0.29, 0.717) is 46.8 Å². The summed E-state index contributed by atoms with van der Waals surface area (Å²) in [6, 6.07) is 11.2. The van der Waals surface area contributed by atoms with Crippen molar-refractivity contribution in [1.82, 2.24) is 10.6 Å². The molecule has 0 saturated heterocycles. The number of esters is 2. The highest BCUT2D eigenvalue weighted by atomic mass is 16.7. The number of ether oxygens (including phenoxy) is 6. The van der Waals surface area contributed by atoms with Gasteiger partial charge in [0, 0.05) is 41.6 Å². The van der Waals surface area contributed by atoms with E-state index in [-0.39, 0.29) is 66.2 Å². The Hall–Kier alpha value is -6.72. The predicted octanol–water partition coefficient (Wildman–Crippen LogP) is 10.1. The van der Waals surface area contributed by atoms with E-state index >= 15 is 0 Å². The Labute approximate surface area is 396 Å². The maximum atomic E-state index is 13.6. The summed E-state index contributed by atoms with van der Waals surface area (Å²) in [5, 5.41) is 29.4. The molecular weight excluding hydrogens is 881 g/mol. The summed E-state index contributed by atoms with van der Waals surface area (Å²) in [5.41, 5.74) is 1.75. The molecule has 6 rings (SSSR count). The summed E-state index contributed by atoms with van der Waals surface area (Å²) in [4.78, 5) is 75.8. The molecule has 18 nitrogen and oxygen atoms in total. The van der Waals surface area contributed by atoms with E-state index in [1.807, 2.05) is 0 Å². The van der Waals surface area contributed by atoms with Crippen LogP contribution in [0.15, 0.2) is 94.0 Å². The van der Waals surface area contributed by atoms with E-state index < -0.39 is 58.0 Å². The Kier molecular flexibility index (Phi) is 18.3. The van der Waals surface area contributed by atoms with E-state index in [4.69, 9.17) is 28.4 Å². The minimum absolute atomic E-state index is 0.0398. The second kappa shape index (κ2) is 23.8. The number of non-ortho nitro benzene ring substituents is 2. The van der Waals surface area contributed by atoms with Gasteiger partial charge < -0.3 is 39.1 Å². The number of benzene rings is 2. The van der Waals surface area contributed by atoms with Gasteiger partial charge in [-0.05, 0) is 89.7 Å². The van der Waals surface area contributed by atoms with E-state index in [1.54, 1.807) is 53.7 Å². The van der Waals surface area contributed by atoms with Crippen LogP contribution in [0.4, 0.5) is 21.0 Å². The number of hydrogen-bond donors (Lipinski definition) is 2. The van der Waals surface area contributed by atoms with Gasteiger partial charge in [0.2, 0.25) is 0 Å². The van der Waals surface area contributed by atoms with Crippen molar-refractivity contribution >= 4 is 35.6 Å². The van der Waals surface area contributed by atoms with Gasteiger partial charge in [0.1, 0.15) is 24.2 Å².